The van der Waals surface area contributed by atoms with E-state index in [4.69, 9.17) is 0 Å². The van der Waals surface area contributed by atoms with Gasteiger partial charge in [-0.15, -0.1) is 0 Å². The van der Waals surface area contributed by atoms with Gasteiger partial charge in [0, 0.05) is 42.0 Å². The largest absolute Gasteiger partial charge is 0.344 e. The van der Waals surface area contributed by atoms with Crippen LogP contribution in [0, 0.1) is 13.8 Å². The number of benzene rings is 2. The molecule has 0 unspecified atom stereocenters. The molecule has 2 heterocycles. The zero-order valence-electron chi connectivity index (χ0n) is 18.5. The van der Waals surface area contributed by atoms with Crippen LogP contribution in [0.1, 0.15) is 29.3 Å². The first-order valence-corrected chi connectivity index (χ1v) is 10.4. The Balaban J connectivity index is 1.56. The summed E-state index contributed by atoms with van der Waals surface area (Å²) in [5, 5.41) is 1.27. The Morgan fingerprint density at radius 2 is 1.70 bits per heavy atom. The fourth-order valence-electron chi connectivity index (χ4n) is 3.90. The number of hydrogen-bond acceptors (Lipinski definition) is 1. The number of aromatic nitrogens is 1. The van der Waals surface area contributed by atoms with Gasteiger partial charge in [-0.3, -0.25) is 0 Å². The highest BCUT2D eigenvalue weighted by Crippen LogP contribution is 2.30. The van der Waals surface area contributed by atoms with Crippen molar-refractivity contribution < 1.29 is 4.57 Å². The lowest BCUT2D eigenvalue weighted by Gasteiger charge is -2.26. The van der Waals surface area contributed by atoms with Gasteiger partial charge in [0.2, 0.25) is 11.2 Å². The molecule has 1 aliphatic heterocycles. The number of allylic oxidation sites excluding steroid dienone is 5. The van der Waals surface area contributed by atoms with Gasteiger partial charge in [-0.25, -0.2) is 0 Å². The van der Waals surface area contributed by atoms with Crippen molar-refractivity contribution >= 4 is 28.7 Å². The third kappa shape index (κ3) is 3.99. The second-order valence-corrected chi connectivity index (χ2v) is 8.17. The van der Waals surface area contributed by atoms with Gasteiger partial charge in [0.15, 0.2) is 0 Å². The fraction of sp³-hybridized carbons (Fsp3) is 0.179. The van der Waals surface area contributed by atoms with E-state index < -0.39 is 0 Å². The number of anilines is 1. The molecule has 0 aliphatic carbocycles. The monoisotopic (exact) mass is 393 g/mol. The summed E-state index contributed by atoms with van der Waals surface area (Å²) in [7, 11) is 4.25. The average molecular weight is 394 g/mol. The topological polar surface area (TPSA) is 7.12 Å². The first kappa shape index (κ1) is 19.9. The summed E-state index contributed by atoms with van der Waals surface area (Å²) in [6, 6.07) is 17.6. The van der Waals surface area contributed by atoms with Gasteiger partial charge in [0.25, 0.3) is 0 Å². The number of rotatable bonds is 3. The molecule has 1 aliphatic rings. The summed E-state index contributed by atoms with van der Waals surface area (Å²) >= 11 is 0. The van der Waals surface area contributed by atoms with Gasteiger partial charge in [0.05, 0.1) is 0 Å². The molecule has 0 saturated heterocycles. The average Bonchev–Trinajstić information content (AvgIpc) is 2.72. The van der Waals surface area contributed by atoms with Crippen LogP contribution in [0.3, 0.4) is 0 Å². The molecule has 0 N–H and O–H groups in total. The minimum Gasteiger partial charge on any atom is -0.344 e. The molecule has 0 saturated carbocycles. The molecule has 2 heteroatoms. The number of aryl methyl sites for hydroxylation is 3. The number of pyridine rings is 1. The summed E-state index contributed by atoms with van der Waals surface area (Å²) in [5.74, 6) is 0. The standard InChI is InChI=1S/C28H29N2/c1-20(6-12-25-14-10-23-18-21(2)8-16-27(23)29(25)4)7-13-26-15-11-24-19-22(3)9-17-28(24)30(26)5/h6-19H,1-5H3/q+1. The molecular formula is C28H29N2+. The summed E-state index contributed by atoms with van der Waals surface area (Å²) in [5.41, 5.74) is 9.92. The van der Waals surface area contributed by atoms with Gasteiger partial charge >= 0.3 is 0 Å². The molecule has 3 aromatic rings. The molecule has 0 atom stereocenters. The zero-order chi connectivity index (χ0) is 21.3. The number of nitrogens with zero attached hydrogens (tertiary/aromatic N) is 2. The van der Waals surface area contributed by atoms with Crippen LogP contribution in [0.2, 0.25) is 0 Å². The van der Waals surface area contributed by atoms with Crippen molar-refractivity contribution in [2.75, 3.05) is 11.9 Å². The van der Waals surface area contributed by atoms with Crippen molar-refractivity contribution in [2.24, 2.45) is 7.05 Å². The van der Waals surface area contributed by atoms with Gasteiger partial charge < -0.3 is 4.90 Å². The zero-order valence-corrected chi connectivity index (χ0v) is 18.5. The molecule has 0 radical (unpaired) electrons. The van der Waals surface area contributed by atoms with Crippen LogP contribution in [0.4, 0.5) is 5.69 Å². The Morgan fingerprint density at radius 3 is 2.53 bits per heavy atom. The van der Waals surface area contributed by atoms with Crippen LogP contribution in [0.15, 0.2) is 84.1 Å². The van der Waals surface area contributed by atoms with E-state index in [1.165, 1.54) is 50.2 Å². The Bertz CT molecular complexity index is 1240. The van der Waals surface area contributed by atoms with E-state index >= 15 is 0 Å². The lowest BCUT2D eigenvalue weighted by molar-refractivity contribution is -0.646. The molecule has 0 bridgehead atoms. The van der Waals surface area contributed by atoms with E-state index in [-0.39, 0.29) is 0 Å². The van der Waals surface area contributed by atoms with Crippen LogP contribution in [0.5, 0.6) is 0 Å². The van der Waals surface area contributed by atoms with Gasteiger partial charge in [-0.1, -0.05) is 47.1 Å². The van der Waals surface area contributed by atoms with E-state index in [2.05, 4.69) is 129 Å². The molecular weight excluding hydrogens is 364 g/mol. The predicted molar refractivity (Wildman–Crippen MR) is 129 cm³/mol. The quantitative estimate of drug-likeness (QED) is 0.375. The molecule has 0 fully saturated rings. The minimum absolute atomic E-state index is 1.19. The maximum absolute atomic E-state index is 2.24. The Labute approximate surface area is 179 Å². The molecule has 150 valence electrons. The number of likely N-dealkylation sites (N-methyl/N-ethyl adjacent to an activating group) is 1. The van der Waals surface area contributed by atoms with Crippen LogP contribution in [-0.2, 0) is 7.05 Å². The van der Waals surface area contributed by atoms with E-state index in [0.29, 0.717) is 0 Å². The highest BCUT2D eigenvalue weighted by Gasteiger charge is 2.13. The van der Waals surface area contributed by atoms with Gasteiger partial charge in [-0.2, -0.15) is 4.57 Å². The summed E-state index contributed by atoms with van der Waals surface area (Å²) in [6.07, 6.45) is 13.1. The maximum Gasteiger partial charge on any atom is 0.212 e. The summed E-state index contributed by atoms with van der Waals surface area (Å²) in [6.45, 7) is 6.41. The van der Waals surface area contributed by atoms with E-state index in [1.54, 1.807) is 0 Å². The molecule has 0 amide bonds. The molecule has 1 aromatic heterocycles. The summed E-state index contributed by atoms with van der Waals surface area (Å²) < 4.78 is 2.24. The highest BCUT2D eigenvalue weighted by molar-refractivity contribution is 5.78. The van der Waals surface area contributed by atoms with Crippen LogP contribution >= 0.6 is 0 Å². The van der Waals surface area contributed by atoms with Crippen molar-refractivity contribution in [3.63, 3.8) is 0 Å². The Kier molecular flexibility index (Phi) is 5.41. The van der Waals surface area contributed by atoms with Gasteiger partial charge in [-0.05, 0) is 62.8 Å². The molecule has 4 rings (SSSR count). The molecule has 0 spiro atoms. The third-order valence-electron chi connectivity index (χ3n) is 5.76. The number of fused-ring (bicyclic) bond motifs is 2. The SMILES string of the molecule is CC(/C=C/c1ccc2cc(C)ccc2[n+]1C)=C\C=C1/C=Cc2cc(C)ccc2N1C. The molecule has 2 aromatic carbocycles. The van der Waals surface area contributed by atoms with E-state index in [0.717, 1.165) is 0 Å². The maximum atomic E-state index is 2.24. The fourth-order valence-corrected chi connectivity index (χ4v) is 3.90. The Morgan fingerprint density at radius 1 is 0.933 bits per heavy atom. The first-order chi connectivity index (χ1) is 14.4. The van der Waals surface area contributed by atoms with Crippen molar-refractivity contribution in [1.29, 1.82) is 0 Å². The van der Waals surface area contributed by atoms with E-state index in [1.807, 2.05) is 0 Å². The number of hydrogen-bond donors (Lipinski definition) is 0. The van der Waals surface area contributed by atoms with Crippen LogP contribution in [-0.4, -0.2) is 7.05 Å². The van der Waals surface area contributed by atoms with Crippen molar-refractivity contribution in [3.8, 4) is 0 Å². The highest BCUT2D eigenvalue weighted by atomic mass is 15.1. The van der Waals surface area contributed by atoms with Crippen molar-refractivity contribution in [1.82, 2.24) is 0 Å². The van der Waals surface area contributed by atoms with Gasteiger partial charge in [0.1, 0.15) is 7.05 Å². The van der Waals surface area contributed by atoms with Crippen molar-refractivity contribution in [2.45, 2.75) is 20.8 Å². The van der Waals surface area contributed by atoms with Crippen molar-refractivity contribution in [3.05, 3.63) is 106 Å². The van der Waals surface area contributed by atoms with Crippen LogP contribution < -0.4 is 9.47 Å². The molecule has 2 nitrogen and oxygen atoms in total. The summed E-state index contributed by atoms with van der Waals surface area (Å²) in [4.78, 5) is 2.24. The van der Waals surface area contributed by atoms with E-state index in [9.17, 15) is 0 Å². The predicted octanol–water partition coefficient (Wildman–Crippen LogP) is 6.29. The lowest BCUT2D eigenvalue weighted by Crippen LogP contribution is -2.32. The smallest absolute Gasteiger partial charge is 0.212 e. The second-order valence-electron chi connectivity index (χ2n) is 8.17. The lowest BCUT2D eigenvalue weighted by atomic mass is 10.0. The van der Waals surface area contributed by atoms with Crippen LogP contribution in [0.25, 0.3) is 23.1 Å². The third-order valence-corrected chi connectivity index (χ3v) is 5.76. The normalized spacial score (nSPS) is 15.4. The minimum atomic E-state index is 1.19. The first-order valence-electron chi connectivity index (χ1n) is 10.4. The second kappa shape index (κ2) is 8.16. The Hall–Kier alpha value is -3.39. The molecule has 30 heavy (non-hydrogen) atoms.